The van der Waals surface area contributed by atoms with Gasteiger partial charge in [-0.3, -0.25) is 9.59 Å². The average Bonchev–Trinajstić information content (AvgIpc) is 3.11. The van der Waals surface area contributed by atoms with Gasteiger partial charge < -0.3 is 19.7 Å². The monoisotopic (exact) mass is 424 g/mol. The highest BCUT2D eigenvalue weighted by atomic mass is 16.5. The lowest BCUT2D eigenvalue weighted by Crippen LogP contribution is -2.56. The smallest absolute Gasteiger partial charge is 0.247 e. The molecule has 31 heavy (non-hydrogen) atoms. The summed E-state index contributed by atoms with van der Waals surface area (Å²) in [7, 11) is 0. The molecule has 1 aromatic carbocycles. The van der Waals surface area contributed by atoms with Crippen LogP contribution in [-0.4, -0.2) is 42.5 Å². The Labute approximate surface area is 183 Å². The highest BCUT2D eigenvalue weighted by Gasteiger charge is 2.56. The number of hydrogen-bond acceptors (Lipinski definition) is 4. The molecule has 2 aliphatic heterocycles. The van der Waals surface area contributed by atoms with Gasteiger partial charge in [0, 0.05) is 24.7 Å². The van der Waals surface area contributed by atoms with Crippen LogP contribution in [0.5, 0.6) is 11.5 Å². The van der Waals surface area contributed by atoms with Gasteiger partial charge in [-0.2, -0.15) is 0 Å². The molecule has 166 valence electrons. The van der Waals surface area contributed by atoms with Crippen LogP contribution in [0.1, 0.15) is 57.8 Å². The molecule has 1 aromatic rings. The van der Waals surface area contributed by atoms with E-state index < -0.39 is 0 Å². The first kappa shape index (κ1) is 19.4. The average molecular weight is 425 g/mol. The Bertz CT molecular complexity index is 862. The first-order valence-corrected chi connectivity index (χ1v) is 12.1. The van der Waals surface area contributed by atoms with Gasteiger partial charge in [0.1, 0.15) is 6.04 Å². The quantitative estimate of drug-likeness (QED) is 0.797. The van der Waals surface area contributed by atoms with Gasteiger partial charge >= 0.3 is 0 Å². The van der Waals surface area contributed by atoms with Gasteiger partial charge in [0.2, 0.25) is 11.8 Å². The van der Waals surface area contributed by atoms with Gasteiger partial charge in [-0.05, 0) is 81.3 Å². The third-order valence-electron chi connectivity index (χ3n) is 8.32. The number of nitrogens with one attached hydrogen (secondary N) is 1. The van der Waals surface area contributed by atoms with Gasteiger partial charge in [0.05, 0.1) is 18.6 Å². The summed E-state index contributed by atoms with van der Waals surface area (Å²) < 4.78 is 11.4. The van der Waals surface area contributed by atoms with Crippen LogP contribution in [0.3, 0.4) is 0 Å². The van der Waals surface area contributed by atoms with Crippen molar-refractivity contribution in [2.45, 2.75) is 63.8 Å². The van der Waals surface area contributed by atoms with Crippen molar-refractivity contribution in [2.75, 3.05) is 25.1 Å². The van der Waals surface area contributed by atoms with E-state index in [1.54, 1.807) is 0 Å². The van der Waals surface area contributed by atoms with Gasteiger partial charge in [-0.25, -0.2) is 0 Å². The Hall–Kier alpha value is -2.24. The van der Waals surface area contributed by atoms with Crippen LogP contribution >= 0.6 is 0 Å². The molecule has 0 spiro atoms. The number of likely N-dealkylation sites (tertiary alicyclic amines) is 1. The first-order valence-electron chi connectivity index (χ1n) is 12.1. The van der Waals surface area contributed by atoms with Crippen LogP contribution in [0.4, 0.5) is 5.69 Å². The van der Waals surface area contributed by atoms with Crippen molar-refractivity contribution >= 4 is 17.5 Å². The van der Waals surface area contributed by atoms with Crippen LogP contribution < -0.4 is 14.8 Å². The van der Waals surface area contributed by atoms with Gasteiger partial charge in [-0.1, -0.05) is 0 Å². The number of carbonyl (C=O) groups excluding carboxylic acids is 2. The summed E-state index contributed by atoms with van der Waals surface area (Å²) in [5.74, 6) is 3.76. The standard InChI is InChI=1S/C25H32N2O4/c28-23(26-19-4-5-21-22(12-19)31-8-2-7-30-21)20-3-1-6-27(20)24(29)25-13-16-9-17(14-25)11-18(10-16)15-25/h4-5,12,16-18,20H,1-3,6-11,13-15H2,(H,26,28). The molecule has 1 unspecified atom stereocenters. The Morgan fingerprint density at radius 1 is 0.935 bits per heavy atom. The maximum atomic E-state index is 13.8. The molecular weight excluding hydrogens is 392 g/mol. The molecule has 2 amide bonds. The van der Waals surface area contributed by atoms with Gasteiger partial charge in [0.25, 0.3) is 0 Å². The van der Waals surface area contributed by atoms with E-state index in [4.69, 9.17) is 9.47 Å². The highest BCUT2D eigenvalue weighted by Crippen LogP contribution is 2.60. The summed E-state index contributed by atoms with van der Waals surface area (Å²) in [6, 6.07) is 5.17. The minimum atomic E-state index is -0.364. The Kier molecular flexibility index (Phi) is 4.65. The van der Waals surface area contributed by atoms with Crippen molar-refractivity contribution in [3.63, 3.8) is 0 Å². The van der Waals surface area contributed by atoms with E-state index in [0.717, 1.165) is 62.0 Å². The van der Waals surface area contributed by atoms with Gasteiger partial charge in [0.15, 0.2) is 11.5 Å². The van der Waals surface area contributed by atoms with Crippen molar-refractivity contribution in [3.05, 3.63) is 18.2 Å². The van der Waals surface area contributed by atoms with Crippen molar-refractivity contribution in [3.8, 4) is 11.5 Å². The number of rotatable bonds is 3. The number of anilines is 1. The van der Waals surface area contributed by atoms with E-state index in [9.17, 15) is 9.59 Å². The highest BCUT2D eigenvalue weighted by molar-refractivity contribution is 5.98. The molecule has 6 nitrogen and oxygen atoms in total. The molecular formula is C25H32N2O4. The second-order valence-corrected chi connectivity index (χ2v) is 10.6. The molecule has 5 fully saturated rings. The predicted molar refractivity (Wildman–Crippen MR) is 116 cm³/mol. The number of amides is 2. The maximum absolute atomic E-state index is 13.8. The molecule has 4 saturated carbocycles. The zero-order valence-corrected chi connectivity index (χ0v) is 18.1. The minimum absolute atomic E-state index is 0.0786. The predicted octanol–water partition coefficient (Wildman–Crippen LogP) is 3.99. The van der Waals surface area contributed by atoms with E-state index in [1.165, 1.54) is 19.3 Å². The lowest BCUT2D eigenvalue weighted by Gasteiger charge is -2.56. The third kappa shape index (κ3) is 3.39. The number of benzene rings is 1. The summed E-state index contributed by atoms with van der Waals surface area (Å²) in [5.41, 5.74) is 0.510. The summed E-state index contributed by atoms with van der Waals surface area (Å²) in [6.07, 6.45) is 9.59. The van der Waals surface area contributed by atoms with Crippen molar-refractivity contribution in [1.29, 1.82) is 0 Å². The number of fused-ring (bicyclic) bond motifs is 1. The minimum Gasteiger partial charge on any atom is -0.490 e. The summed E-state index contributed by atoms with van der Waals surface area (Å²) in [4.78, 5) is 28.9. The molecule has 2 heterocycles. The molecule has 6 aliphatic rings. The molecule has 7 rings (SSSR count). The van der Waals surface area contributed by atoms with E-state index in [1.807, 2.05) is 23.1 Å². The largest absolute Gasteiger partial charge is 0.490 e. The number of hydrogen-bond donors (Lipinski definition) is 1. The number of carbonyl (C=O) groups is 2. The zero-order chi connectivity index (χ0) is 21.0. The van der Waals surface area contributed by atoms with Crippen LogP contribution in [-0.2, 0) is 9.59 Å². The first-order chi connectivity index (χ1) is 15.1. The van der Waals surface area contributed by atoms with Crippen LogP contribution in [0.2, 0.25) is 0 Å². The van der Waals surface area contributed by atoms with Crippen molar-refractivity contribution in [1.82, 2.24) is 4.90 Å². The van der Waals surface area contributed by atoms with E-state index in [0.29, 0.717) is 31.2 Å². The Morgan fingerprint density at radius 2 is 1.61 bits per heavy atom. The second kappa shape index (κ2) is 7.42. The van der Waals surface area contributed by atoms with Crippen LogP contribution in [0.25, 0.3) is 0 Å². The van der Waals surface area contributed by atoms with E-state index >= 15 is 0 Å². The molecule has 1 saturated heterocycles. The van der Waals surface area contributed by atoms with Gasteiger partial charge in [-0.15, -0.1) is 0 Å². The molecule has 1 atom stereocenters. The Morgan fingerprint density at radius 3 is 2.32 bits per heavy atom. The normalized spacial score (nSPS) is 35.7. The SMILES string of the molecule is O=C(Nc1ccc2c(c1)OCCCO2)C1CCCN1C(=O)C12CC3CC(CC(C3)C1)C2. The second-order valence-electron chi connectivity index (χ2n) is 10.6. The van der Waals surface area contributed by atoms with E-state index in [-0.39, 0.29) is 23.3 Å². The van der Waals surface area contributed by atoms with Crippen molar-refractivity contribution < 1.29 is 19.1 Å². The molecule has 0 radical (unpaired) electrons. The fraction of sp³-hybridized carbons (Fsp3) is 0.680. The molecule has 0 aromatic heterocycles. The summed E-state index contributed by atoms with van der Waals surface area (Å²) >= 11 is 0. The summed E-state index contributed by atoms with van der Waals surface area (Å²) in [5, 5.41) is 3.04. The number of nitrogens with zero attached hydrogens (tertiary/aromatic N) is 1. The zero-order valence-electron chi connectivity index (χ0n) is 18.1. The molecule has 4 aliphatic carbocycles. The lowest BCUT2D eigenvalue weighted by atomic mass is 9.49. The van der Waals surface area contributed by atoms with Crippen LogP contribution in [0.15, 0.2) is 18.2 Å². The van der Waals surface area contributed by atoms with Crippen molar-refractivity contribution in [2.24, 2.45) is 23.2 Å². The lowest BCUT2D eigenvalue weighted by molar-refractivity contribution is -0.160. The third-order valence-corrected chi connectivity index (χ3v) is 8.32. The fourth-order valence-corrected chi connectivity index (χ4v) is 7.43. The maximum Gasteiger partial charge on any atom is 0.247 e. The Balaban J connectivity index is 1.18. The summed E-state index contributed by atoms with van der Waals surface area (Å²) in [6.45, 7) is 1.96. The topological polar surface area (TPSA) is 67.9 Å². The fourth-order valence-electron chi connectivity index (χ4n) is 7.43. The van der Waals surface area contributed by atoms with Crippen LogP contribution in [0, 0.1) is 23.2 Å². The molecule has 4 bridgehead atoms. The number of ether oxygens (including phenoxy) is 2. The molecule has 6 heteroatoms. The van der Waals surface area contributed by atoms with E-state index in [2.05, 4.69) is 5.32 Å². The molecule has 1 N–H and O–H groups in total.